The maximum absolute atomic E-state index is 13.5. The molecule has 2 amide bonds. The molecule has 5 rings (SSSR count). The van der Waals surface area contributed by atoms with E-state index in [4.69, 9.17) is 16.6 Å². The smallest absolute Gasteiger partial charge is 0.317 e. The summed E-state index contributed by atoms with van der Waals surface area (Å²) in [5.74, 6) is 0.589. The number of nitrogens with zero attached hydrogens (tertiary/aromatic N) is 6. The average Bonchev–Trinajstić information content (AvgIpc) is 3.22. The molecule has 0 aliphatic carbocycles. The van der Waals surface area contributed by atoms with Crippen molar-refractivity contribution in [2.45, 2.75) is 18.9 Å². The van der Waals surface area contributed by atoms with Crippen LogP contribution in [-0.2, 0) is 0 Å². The molecule has 2 N–H and O–H groups in total. The number of amides is 2. The molecule has 4 heterocycles. The second-order valence-electron chi connectivity index (χ2n) is 7.52. The Bertz CT molecular complexity index is 1140. The van der Waals surface area contributed by atoms with Crippen LogP contribution in [0.1, 0.15) is 12.8 Å². The first-order chi connectivity index (χ1) is 15.1. The number of aromatic nitrogens is 4. The number of nitrogens with one attached hydrogen (secondary N) is 2. The highest BCUT2D eigenvalue weighted by Gasteiger charge is 2.31. The van der Waals surface area contributed by atoms with Crippen LogP contribution in [0.15, 0.2) is 30.7 Å². The maximum atomic E-state index is 13.5. The molecule has 160 valence electrons. The number of hydrogen-bond donors (Lipinski definition) is 2. The lowest BCUT2D eigenvalue weighted by molar-refractivity contribution is 0.186. The fourth-order valence-corrected chi connectivity index (χ4v) is 4.19. The number of hydrogen-bond acceptors (Lipinski definition) is 7. The Hall–Kier alpha value is -3.27. The molecule has 11 heteroatoms. The Morgan fingerprint density at radius 1 is 1.16 bits per heavy atom. The van der Waals surface area contributed by atoms with E-state index in [0.29, 0.717) is 35.0 Å². The Labute approximate surface area is 182 Å². The summed E-state index contributed by atoms with van der Waals surface area (Å²) in [5.41, 5.74) is 1.75. The van der Waals surface area contributed by atoms with Crippen molar-refractivity contribution in [3.05, 3.63) is 41.6 Å². The van der Waals surface area contributed by atoms with Crippen molar-refractivity contribution in [1.82, 2.24) is 30.2 Å². The molecule has 2 fully saturated rings. The van der Waals surface area contributed by atoms with Crippen LogP contribution < -0.4 is 15.5 Å². The van der Waals surface area contributed by atoms with E-state index < -0.39 is 5.82 Å². The third kappa shape index (κ3) is 3.90. The van der Waals surface area contributed by atoms with Gasteiger partial charge in [-0.3, -0.25) is 0 Å². The molecular formula is C20H20ClFN8O. The van der Waals surface area contributed by atoms with Crippen molar-refractivity contribution in [3.63, 3.8) is 0 Å². The summed E-state index contributed by atoms with van der Waals surface area (Å²) in [4.78, 5) is 33.7. The fourth-order valence-electron chi connectivity index (χ4n) is 4.01. The minimum atomic E-state index is -0.487. The molecule has 31 heavy (non-hydrogen) atoms. The number of anilines is 3. The van der Waals surface area contributed by atoms with E-state index in [0.717, 1.165) is 32.5 Å². The monoisotopic (exact) mass is 442 g/mol. The number of piperidine rings is 1. The van der Waals surface area contributed by atoms with Crippen LogP contribution in [0.25, 0.3) is 11.0 Å². The van der Waals surface area contributed by atoms with Crippen LogP contribution in [0.2, 0.25) is 5.02 Å². The van der Waals surface area contributed by atoms with Crippen LogP contribution in [0.4, 0.5) is 26.6 Å². The molecule has 3 aromatic rings. The van der Waals surface area contributed by atoms with Crippen molar-refractivity contribution < 1.29 is 9.18 Å². The molecule has 0 atom stereocenters. The van der Waals surface area contributed by atoms with Crippen LogP contribution in [0, 0.1) is 5.82 Å². The molecule has 9 nitrogen and oxygen atoms in total. The van der Waals surface area contributed by atoms with Gasteiger partial charge in [0, 0.05) is 37.9 Å². The number of carbonyl (C=O) groups excluding carboxylic acids is 1. The van der Waals surface area contributed by atoms with E-state index in [2.05, 4.69) is 30.5 Å². The summed E-state index contributed by atoms with van der Waals surface area (Å²) in [7, 11) is 0. The molecule has 2 aromatic heterocycles. The minimum Gasteiger partial charge on any atom is -0.341 e. The first-order valence-corrected chi connectivity index (χ1v) is 10.5. The van der Waals surface area contributed by atoms with Gasteiger partial charge in [-0.25, -0.2) is 29.1 Å². The molecule has 2 aliphatic rings. The summed E-state index contributed by atoms with van der Waals surface area (Å²) in [6.45, 7) is 2.98. The predicted molar refractivity (Wildman–Crippen MR) is 115 cm³/mol. The van der Waals surface area contributed by atoms with Gasteiger partial charge >= 0.3 is 6.03 Å². The van der Waals surface area contributed by atoms with Gasteiger partial charge in [-0.1, -0.05) is 11.6 Å². The van der Waals surface area contributed by atoms with Crippen molar-refractivity contribution in [2.24, 2.45) is 0 Å². The zero-order valence-corrected chi connectivity index (χ0v) is 17.3. The molecule has 0 spiro atoms. The lowest BCUT2D eigenvalue weighted by atomic mass is 10.0. The molecule has 0 radical (unpaired) electrons. The van der Waals surface area contributed by atoms with Crippen molar-refractivity contribution in [2.75, 3.05) is 36.4 Å². The van der Waals surface area contributed by atoms with E-state index in [1.807, 2.05) is 4.90 Å². The van der Waals surface area contributed by atoms with Crippen molar-refractivity contribution >= 4 is 46.1 Å². The molecule has 0 unspecified atom stereocenters. The van der Waals surface area contributed by atoms with E-state index in [1.54, 1.807) is 12.3 Å². The first kappa shape index (κ1) is 19.7. The van der Waals surface area contributed by atoms with Crippen LogP contribution in [0.5, 0.6) is 0 Å². The summed E-state index contributed by atoms with van der Waals surface area (Å²) < 4.78 is 13.5. The third-order valence-corrected chi connectivity index (χ3v) is 5.91. The highest BCUT2D eigenvalue weighted by molar-refractivity contribution is 6.31. The van der Waals surface area contributed by atoms with Crippen molar-refractivity contribution in [1.29, 1.82) is 0 Å². The number of urea groups is 1. The van der Waals surface area contributed by atoms with Gasteiger partial charge in [-0.05, 0) is 31.0 Å². The second-order valence-corrected chi connectivity index (χ2v) is 7.93. The molecule has 2 aliphatic heterocycles. The number of carbonyl (C=O) groups is 1. The largest absolute Gasteiger partial charge is 0.341 e. The summed E-state index contributed by atoms with van der Waals surface area (Å²) in [6, 6.07) is 4.62. The number of benzene rings is 1. The lowest BCUT2D eigenvalue weighted by Gasteiger charge is -2.36. The SMILES string of the molecule is O=C1NCCN1C1CCN(c2ncc3ncnc(Nc4ccc(F)c(Cl)c4)c3n2)CC1. The minimum absolute atomic E-state index is 0.0215. The Morgan fingerprint density at radius 2 is 2.00 bits per heavy atom. The quantitative estimate of drug-likeness (QED) is 0.640. The highest BCUT2D eigenvalue weighted by atomic mass is 35.5. The molecule has 2 saturated heterocycles. The van der Waals surface area contributed by atoms with Gasteiger partial charge in [-0.2, -0.15) is 0 Å². The van der Waals surface area contributed by atoms with Gasteiger partial charge in [0.1, 0.15) is 23.2 Å². The maximum Gasteiger partial charge on any atom is 0.317 e. The topological polar surface area (TPSA) is 99.2 Å². The van der Waals surface area contributed by atoms with Crippen LogP contribution >= 0.6 is 11.6 Å². The highest BCUT2D eigenvalue weighted by Crippen LogP contribution is 2.27. The third-order valence-electron chi connectivity index (χ3n) is 5.62. The van der Waals surface area contributed by atoms with Crippen molar-refractivity contribution in [3.8, 4) is 0 Å². The normalized spacial score (nSPS) is 17.3. The molecule has 0 bridgehead atoms. The number of rotatable bonds is 4. The van der Waals surface area contributed by atoms with Gasteiger partial charge < -0.3 is 20.4 Å². The zero-order chi connectivity index (χ0) is 21.4. The van der Waals surface area contributed by atoms with E-state index in [1.165, 1.54) is 18.5 Å². The van der Waals surface area contributed by atoms with Gasteiger partial charge in [0.05, 0.1) is 11.2 Å². The molecular weight excluding hydrogens is 423 g/mol. The average molecular weight is 443 g/mol. The van der Waals surface area contributed by atoms with E-state index in [9.17, 15) is 9.18 Å². The van der Waals surface area contributed by atoms with Crippen LogP contribution in [0.3, 0.4) is 0 Å². The summed E-state index contributed by atoms with van der Waals surface area (Å²) >= 11 is 5.88. The lowest BCUT2D eigenvalue weighted by Crippen LogP contribution is -2.46. The zero-order valence-electron chi connectivity index (χ0n) is 16.6. The second kappa shape index (κ2) is 8.10. The van der Waals surface area contributed by atoms with Gasteiger partial charge in [0.25, 0.3) is 0 Å². The fraction of sp³-hybridized carbons (Fsp3) is 0.350. The summed E-state index contributed by atoms with van der Waals surface area (Å²) in [6.07, 6.45) is 4.81. The Morgan fingerprint density at radius 3 is 2.74 bits per heavy atom. The van der Waals surface area contributed by atoms with E-state index in [-0.39, 0.29) is 17.1 Å². The first-order valence-electron chi connectivity index (χ1n) is 10.1. The predicted octanol–water partition coefficient (Wildman–Crippen LogP) is 2.95. The van der Waals surface area contributed by atoms with Crippen LogP contribution in [-0.4, -0.2) is 63.1 Å². The molecule has 0 saturated carbocycles. The Kier molecular flexibility index (Phi) is 5.14. The summed E-state index contributed by atoms with van der Waals surface area (Å²) in [5, 5.41) is 6.01. The Balaban J connectivity index is 1.36. The van der Waals surface area contributed by atoms with E-state index >= 15 is 0 Å². The molecule has 1 aromatic carbocycles. The van der Waals surface area contributed by atoms with Gasteiger partial charge in [0.15, 0.2) is 5.82 Å². The number of halogens is 2. The van der Waals surface area contributed by atoms with Gasteiger partial charge in [0.2, 0.25) is 5.95 Å². The standard InChI is InChI=1S/C20H20ClFN8O/c21-14-9-12(1-2-15(14)22)27-18-17-16(25-11-26-18)10-24-19(28-17)29-6-3-13(4-7-29)30-8-5-23-20(30)31/h1-2,9-11,13H,3-8H2,(H,23,31)(H,25,26,27). The van der Waals surface area contributed by atoms with Gasteiger partial charge in [-0.15, -0.1) is 0 Å². The number of fused-ring (bicyclic) bond motifs is 1.